The maximum absolute atomic E-state index is 13.5. The van der Waals surface area contributed by atoms with Crippen molar-refractivity contribution in [3.63, 3.8) is 0 Å². The van der Waals surface area contributed by atoms with Gasteiger partial charge in [0.25, 0.3) is 0 Å². The van der Waals surface area contributed by atoms with Crippen molar-refractivity contribution in [3.8, 4) is 5.75 Å². The van der Waals surface area contributed by atoms with Crippen molar-refractivity contribution in [2.45, 2.75) is 19.5 Å². The molecular weight excluding hydrogens is 290 g/mol. The number of ether oxygens (including phenoxy) is 1. The second-order valence-electron chi connectivity index (χ2n) is 4.60. The van der Waals surface area contributed by atoms with Crippen LogP contribution in [0.25, 0.3) is 0 Å². The number of halogens is 4. The lowest BCUT2D eigenvalue weighted by Crippen LogP contribution is -2.38. The third kappa shape index (κ3) is 5.71. The number of rotatable bonds is 7. The molecule has 0 aromatic heterocycles. The van der Waals surface area contributed by atoms with Crippen LogP contribution in [-0.4, -0.2) is 43.6 Å². The molecule has 0 unspecified atom stereocenters. The number of nitrogens with zero attached hydrogens (tertiary/aromatic N) is 1. The number of benzene rings is 1. The number of carbonyl (C=O) groups is 1. The first-order valence-electron chi connectivity index (χ1n) is 6.42. The predicted molar refractivity (Wildman–Crippen MR) is 70.1 cm³/mol. The van der Waals surface area contributed by atoms with Crippen LogP contribution in [0.2, 0.25) is 0 Å². The van der Waals surface area contributed by atoms with Crippen LogP contribution in [0.1, 0.15) is 23.7 Å². The van der Waals surface area contributed by atoms with Crippen LogP contribution < -0.4 is 4.74 Å². The molecule has 0 aliphatic heterocycles. The van der Waals surface area contributed by atoms with Gasteiger partial charge in [-0.2, -0.15) is 13.2 Å². The van der Waals surface area contributed by atoms with Crippen molar-refractivity contribution in [1.29, 1.82) is 0 Å². The zero-order valence-corrected chi connectivity index (χ0v) is 11.8. The van der Waals surface area contributed by atoms with Crippen molar-refractivity contribution < 1.29 is 27.1 Å². The average Bonchev–Trinajstić information content (AvgIpc) is 2.36. The van der Waals surface area contributed by atoms with E-state index >= 15 is 0 Å². The van der Waals surface area contributed by atoms with E-state index in [9.17, 15) is 22.4 Å². The second kappa shape index (κ2) is 7.40. The topological polar surface area (TPSA) is 29.5 Å². The third-order valence-electron chi connectivity index (χ3n) is 2.78. The van der Waals surface area contributed by atoms with Crippen molar-refractivity contribution in [3.05, 3.63) is 29.6 Å². The summed E-state index contributed by atoms with van der Waals surface area (Å²) in [5.41, 5.74) is 0.0246. The quantitative estimate of drug-likeness (QED) is 0.572. The Morgan fingerprint density at radius 1 is 1.33 bits per heavy atom. The molecule has 0 aliphatic carbocycles. The fourth-order valence-electron chi connectivity index (χ4n) is 1.92. The summed E-state index contributed by atoms with van der Waals surface area (Å²) in [5, 5.41) is 0. The lowest BCUT2D eigenvalue weighted by atomic mass is 10.1. The van der Waals surface area contributed by atoms with Crippen LogP contribution in [0.15, 0.2) is 18.2 Å². The minimum atomic E-state index is -4.37. The lowest BCUT2D eigenvalue weighted by Gasteiger charge is -2.22. The van der Waals surface area contributed by atoms with E-state index in [1.165, 1.54) is 19.2 Å². The summed E-state index contributed by atoms with van der Waals surface area (Å²) in [6, 6.07) is 3.58. The maximum Gasteiger partial charge on any atom is 0.401 e. The molecule has 118 valence electrons. The van der Waals surface area contributed by atoms with Crippen LogP contribution in [0, 0.1) is 5.82 Å². The zero-order valence-electron chi connectivity index (χ0n) is 11.8. The van der Waals surface area contributed by atoms with Gasteiger partial charge in [0.15, 0.2) is 17.3 Å². The van der Waals surface area contributed by atoms with Gasteiger partial charge in [0.1, 0.15) is 0 Å². The first-order valence-corrected chi connectivity index (χ1v) is 6.42. The third-order valence-corrected chi connectivity index (χ3v) is 2.78. The molecule has 0 atom stereocenters. The summed E-state index contributed by atoms with van der Waals surface area (Å²) >= 11 is 0. The van der Waals surface area contributed by atoms with Crippen LogP contribution in [0.4, 0.5) is 17.6 Å². The molecule has 21 heavy (non-hydrogen) atoms. The van der Waals surface area contributed by atoms with Gasteiger partial charge in [-0.25, -0.2) is 4.39 Å². The van der Waals surface area contributed by atoms with Gasteiger partial charge in [-0.05, 0) is 31.2 Å². The molecule has 0 fully saturated rings. The molecule has 0 saturated carbocycles. The molecule has 1 aromatic carbocycles. The van der Waals surface area contributed by atoms with Gasteiger partial charge in [-0.3, -0.25) is 9.69 Å². The zero-order chi connectivity index (χ0) is 16.0. The molecule has 0 heterocycles. The Bertz CT molecular complexity index is 488. The smallest absolute Gasteiger partial charge is 0.401 e. The molecule has 0 saturated heterocycles. The van der Waals surface area contributed by atoms with Crippen LogP contribution in [0.3, 0.4) is 0 Å². The standard InChI is InChI=1S/C14H17F4NO2/c1-3-6-19(9-14(16,17)18)8-12(20)10-4-5-13(21-2)11(15)7-10/h4-5,7H,3,6,8-9H2,1-2H3. The SMILES string of the molecule is CCCN(CC(=O)c1ccc(OC)c(F)c1)CC(F)(F)F. The van der Waals surface area contributed by atoms with Gasteiger partial charge in [0.2, 0.25) is 0 Å². The molecule has 1 aromatic rings. The van der Waals surface area contributed by atoms with Crippen LogP contribution >= 0.6 is 0 Å². The van der Waals surface area contributed by atoms with E-state index in [-0.39, 0.29) is 17.9 Å². The first kappa shape index (κ1) is 17.4. The number of carbonyl (C=O) groups excluding carboxylic acids is 1. The van der Waals surface area contributed by atoms with E-state index in [1.54, 1.807) is 6.92 Å². The summed E-state index contributed by atoms with van der Waals surface area (Å²) in [6.07, 6.45) is -3.89. The Balaban J connectivity index is 2.79. The van der Waals surface area contributed by atoms with E-state index in [0.717, 1.165) is 11.0 Å². The normalized spacial score (nSPS) is 11.8. The van der Waals surface area contributed by atoms with Crippen molar-refractivity contribution in [2.24, 2.45) is 0 Å². The molecule has 7 heteroatoms. The fraction of sp³-hybridized carbons (Fsp3) is 0.500. The van der Waals surface area contributed by atoms with E-state index < -0.39 is 30.9 Å². The number of hydrogen-bond donors (Lipinski definition) is 0. The summed E-state index contributed by atoms with van der Waals surface area (Å²) in [6.45, 7) is 0.301. The predicted octanol–water partition coefficient (Wildman–Crippen LogP) is 3.29. The highest BCUT2D eigenvalue weighted by atomic mass is 19.4. The minimum absolute atomic E-state index is 0.0211. The summed E-state index contributed by atoms with van der Waals surface area (Å²) in [4.78, 5) is 13.0. The highest BCUT2D eigenvalue weighted by molar-refractivity contribution is 5.97. The van der Waals surface area contributed by atoms with Gasteiger partial charge in [-0.1, -0.05) is 6.92 Å². The summed E-state index contributed by atoms with van der Waals surface area (Å²) < 4.78 is 55.5. The number of ketones is 1. The molecule has 0 aliphatic rings. The van der Waals surface area contributed by atoms with Crippen molar-refractivity contribution in [1.82, 2.24) is 4.90 Å². The molecule has 0 N–H and O–H groups in total. The number of Topliss-reactive ketones (excluding diaryl/α,β-unsaturated/α-hetero) is 1. The minimum Gasteiger partial charge on any atom is -0.494 e. The first-order chi connectivity index (χ1) is 9.76. The highest BCUT2D eigenvalue weighted by Gasteiger charge is 2.31. The number of alkyl halides is 3. The molecule has 0 bridgehead atoms. The molecule has 0 spiro atoms. The number of hydrogen-bond acceptors (Lipinski definition) is 3. The fourth-order valence-corrected chi connectivity index (χ4v) is 1.92. The van der Waals surface area contributed by atoms with Crippen molar-refractivity contribution in [2.75, 3.05) is 26.7 Å². The molecule has 1 rings (SSSR count). The molecular formula is C14H17F4NO2. The summed E-state index contributed by atoms with van der Waals surface area (Å²) in [5.74, 6) is -1.30. The largest absolute Gasteiger partial charge is 0.494 e. The van der Waals surface area contributed by atoms with E-state index in [2.05, 4.69) is 0 Å². The Morgan fingerprint density at radius 2 is 2.00 bits per heavy atom. The van der Waals surface area contributed by atoms with E-state index in [1.807, 2.05) is 0 Å². The molecule has 0 radical (unpaired) electrons. The van der Waals surface area contributed by atoms with Gasteiger partial charge >= 0.3 is 6.18 Å². The van der Waals surface area contributed by atoms with Gasteiger partial charge in [0, 0.05) is 5.56 Å². The van der Waals surface area contributed by atoms with Gasteiger partial charge in [0.05, 0.1) is 20.2 Å². The number of methoxy groups -OCH3 is 1. The Hall–Kier alpha value is -1.63. The average molecular weight is 307 g/mol. The summed E-state index contributed by atoms with van der Waals surface area (Å²) in [7, 11) is 1.28. The van der Waals surface area contributed by atoms with Crippen molar-refractivity contribution >= 4 is 5.78 Å². The Kier molecular flexibility index (Phi) is 6.14. The van der Waals surface area contributed by atoms with E-state index in [4.69, 9.17) is 4.74 Å². The van der Waals surface area contributed by atoms with Crippen LogP contribution in [-0.2, 0) is 0 Å². The Labute approximate surface area is 120 Å². The maximum atomic E-state index is 13.5. The molecule has 3 nitrogen and oxygen atoms in total. The highest BCUT2D eigenvalue weighted by Crippen LogP contribution is 2.20. The van der Waals surface area contributed by atoms with Crippen LogP contribution in [0.5, 0.6) is 5.75 Å². The molecule has 0 amide bonds. The lowest BCUT2D eigenvalue weighted by molar-refractivity contribution is -0.144. The van der Waals surface area contributed by atoms with E-state index in [0.29, 0.717) is 6.42 Å². The van der Waals surface area contributed by atoms with Gasteiger partial charge < -0.3 is 4.74 Å². The Morgan fingerprint density at radius 3 is 2.48 bits per heavy atom. The second-order valence-corrected chi connectivity index (χ2v) is 4.60. The monoisotopic (exact) mass is 307 g/mol. The van der Waals surface area contributed by atoms with Gasteiger partial charge in [-0.15, -0.1) is 0 Å².